The Morgan fingerprint density at radius 3 is 2.42 bits per heavy atom. The molecule has 3 rings (SSSR count). The molecule has 2 aromatic carbocycles. The summed E-state index contributed by atoms with van der Waals surface area (Å²) in [5, 5.41) is 11.0. The molecule has 0 fully saturated rings. The van der Waals surface area contributed by atoms with Crippen LogP contribution in [0.3, 0.4) is 0 Å². The van der Waals surface area contributed by atoms with E-state index >= 15 is 0 Å². The van der Waals surface area contributed by atoms with E-state index < -0.39 is 11.1 Å². The third kappa shape index (κ3) is 2.06. The molecule has 3 nitrogen and oxygen atoms in total. The van der Waals surface area contributed by atoms with Gasteiger partial charge in [-0.15, -0.1) is 11.3 Å². The number of rotatable bonds is 2. The van der Waals surface area contributed by atoms with Gasteiger partial charge < -0.3 is 9.66 Å². The first-order valence-corrected chi connectivity index (χ1v) is 7.51. The van der Waals surface area contributed by atoms with Crippen LogP contribution < -0.4 is 0 Å². The first-order valence-electron chi connectivity index (χ1n) is 5.59. The van der Waals surface area contributed by atoms with E-state index in [0.29, 0.717) is 15.3 Å². The second kappa shape index (κ2) is 4.77. The lowest BCUT2D eigenvalue weighted by atomic mass is 10.1. The molecule has 5 heteroatoms. The van der Waals surface area contributed by atoms with Crippen molar-refractivity contribution in [3.63, 3.8) is 0 Å². The van der Waals surface area contributed by atoms with E-state index in [9.17, 15) is 13.9 Å². The van der Waals surface area contributed by atoms with Crippen LogP contribution in [-0.4, -0.2) is 13.9 Å². The number of hydrogen-bond donors (Lipinski definition) is 2. The molecule has 0 saturated heterocycles. The normalized spacial score (nSPS) is 12.7. The highest BCUT2D eigenvalue weighted by Gasteiger charge is 2.17. The van der Waals surface area contributed by atoms with Crippen LogP contribution in [0.15, 0.2) is 53.4 Å². The maximum Gasteiger partial charge on any atom is 0.187 e. The fraction of sp³-hybridized carbons (Fsp3) is 0. The van der Waals surface area contributed by atoms with Gasteiger partial charge >= 0.3 is 0 Å². The van der Waals surface area contributed by atoms with Gasteiger partial charge in [-0.2, -0.15) is 0 Å². The van der Waals surface area contributed by atoms with Crippen molar-refractivity contribution in [2.75, 3.05) is 0 Å². The summed E-state index contributed by atoms with van der Waals surface area (Å²) >= 11 is -0.662. The van der Waals surface area contributed by atoms with E-state index in [1.807, 2.05) is 24.3 Å². The van der Waals surface area contributed by atoms with E-state index in [0.717, 1.165) is 10.1 Å². The lowest BCUT2D eigenvalue weighted by Gasteiger charge is -2.04. The van der Waals surface area contributed by atoms with E-state index in [-0.39, 0.29) is 5.75 Å². The smallest absolute Gasteiger partial charge is 0.187 e. The Kier molecular flexibility index (Phi) is 3.10. The van der Waals surface area contributed by atoms with Crippen molar-refractivity contribution in [2.24, 2.45) is 0 Å². The van der Waals surface area contributed by atoms with Crippen molar-refractivity contribution in [1.82, 2.24) is 0 Å². The van der Waals surface area contributed by atoms with Gasteiger partial charge in [-0.05, 0) is 18.2 Å². The van der Waals surface area contributed by atoms with Gasteiger partial charge in [0.05, 0.1) is 9.77 Å². The van der Waals surface area contributed by atoms with Crippen molar-refractivity contribution < 1.29 is 13.9 Å². The molecular formula is C14H10O3S2. The largest absolute Gasteiger partial charge is 0.506 e. The van der Waals surface area contributed by atoms with Crippen LogP contribution in [0.1, 0.15) is 0 Å². The Hall–Kier alpha value is -1.69. The minimum Gasteiger partial charge on any atom is -0.506 e. The summed E-state index contributed by atoms with van der Waals surface area (Å²) < 4.78 is 21.6. The fourth-order valence-corrected chi connectivity index (χ4v) is 3.77. The first kappa shape index (κ1) is 12.3. The third-order valence-electron chi connectivity index (χ3n) is 2.89. The molecule has 0 amide bonds. The maximum absolute atomic E-state index is 11.4. The van der Waals surface area contributed by atoms with Crippen molar-refractivity contribution in [3.8, 4) is 16.2 Å². The third-order valence-corrected chi connectivity index (χ3v) is 4.81. The van der Waals surface area contributed by atoms with E-state index in [1.165, 1.54) is 11.3 Å². The van der Waals surface area contributed by atoms with Crippen LogP contribution in [0.25, 0.3) is 20.5 Å². The summed E-state index contributed by atoms with van der Waals surface area (Å²) in [7, 11) is 0. The molecule has 0 aliphatic carbocycles. The predicted octanol–water partition coefficient (Wildman–Crippen LogP) is 3.85. The molecule has 0 saturated carbocycles. The van der Waals surface area contributed by atoms with Crippen LogP contribution >= 0.6 is 11.3 Å². The number of benzene rings is 2. The molecular weight excluding hydrogens is 280 g/mol. The van der Waals surface area contributed by atoms with Crippen molar-refractivity contribution in [3.05, 3.63) is 48.5 Å². The Balaban J connectivity index is 2.31. The molecule has 0 aliphatic heterocycles. The molecule has 0 radical (unpaired) electrons. The van der Waals surface area contributed by atoms with Crippen LogP contribution in [0, 0.1) is 0 Å². The van der Waals surface area contributed by atoms with Crippen LogP contribution in [-0.2, 0) is 11.1 Å². The highest BCUT2D eigenvalue weighted by molar-refractivity contribution is 7.79. The fourth-order valence-electron chi connectivity index (χ4n) is 2.02. The zero-order valence-corrected chi connectivity index (χ0v) is 11.4. The van der Waals surface area contributed by atoms with Crippen LogP contribution in [0.5, 0.6) is 5.75 Å². The standard InChI is InChI=1S/C14H10O3S2/c15-13-9-5-1-3-7-11(9)18-14(13)10-6-2-4-8-12(10)19(16)17/h1-8,15H,(H,16,17). The molecule has 1 unspecified atom stereocenters. The van der Waals surface area contributed by atoms with E-state index in [4.69, 9.17) is 0 Å². The zero-order chi connectivity index (χ0) is 13.4. The molecule has 0 spiro atoms. The average Bonchev–Trinajstić information content (AvgIpc) is 2.76. The second-order valence-corrected chi connectivity index (χ2v) is 6.01. The summed E-state index contributed by atoms with van der Waals surface area (Å²) in [6.45, 7) is 0. The van der Waals surface area contributed by atoms with Gasteiger partial charge in [0.2, 0.25) is 0 Å². The molecule has 1 atom stereocenters. The topological polar surface area (TPSA) is 57.5 Å². The highest BCUT2D eigenvalue weighted by atomic mass is 32.2. The van der Waals surface area contributed by atoms with Crippen molar-refractivity contribution in [1.29, 1.82) is 0 Å². The van der Waals surface area contributed by atoms with E-state index in [1.54, 1.807) is 24.3 Å². The summed E-state index contributed by atoms with van der Waals surface area (Å²) in [6.07, 6.45) is 0. The molecule has 1 aromatic heterocycles. The van der Waals surface area contributed by atoms with Crippen LogP contribution in [0.2, 0.25) is 0 Å². The number of aromatic hydroxyl groups is 1. The first-order chi connectivity index (χ1) is 9.18. The van der Waals surface area contributed by atoms with Crippen molar-refractivity contribution in [2.45, 2.75) is 4.90 Å². The van der Waals surface area contributed by atoms with Gasteiger partial charge in [0.1, 0.15) is 5.75 Å². The Morgan fingerprint density at radius 2 is 1.68 bits per heavy atom. The zero-order valence-electron chi connectivity index (χ0n) is 9.74. The molecule has 0 aliphatic rings. The minimum absolute atomic E-state index is 0.165. The maximum atomic E-state index is 11.4. The molecule has 19 heavy (non-hydrogen) atoms. The SMILES string of the molecule is O=S(O)c1ccccc1-c1sc2ccccc2c1O. The molecule has 1 heterocycles. The Morgan fingerprint density at radius 1 is 1.00 bits per heavy atom. The molecule has 3 aromatic rings. The lowest BCUT2D eigenvalue weighted by Crippen LogP contribution is -1.91. The summed E-state index contributed by atoms with van der Waals surface area (Å²) in [4.78, 5) is 0.934. The molecule has 2 N–H and O–H groups in total. The van der Waals surface area contributed by atoms with Gasteiger partial charge in [0, 0.05) is 15.6 Å². The quantitative estimate of drug-likeness (QED) is 0.705. The van der Waals surface area contributed by atoms with Gasteiger partial charge in [0.15, 0.2) is 11.1 Å². The number of thiophene rings is 1. The Bertz CT molecular complexity index is 777. The monoisotopic (exact) mass is 290 g/mol. The summed E-state index contributed by atoms with van der Waals surface area (Å²) in [5.74, 6) is 0.165. The van der Waals surface area contributed by atoms with Gasteiger partial charge in [-0.25, -0.2) is 4.21 Å². The van der Waals surface area contributed by atoms with E-state index in [2.05, 4.69) is 0 Å². The molecule has 0 bridgehead atoms. The summed E-state index contributed by atoms with van der Waals surface area (Å²) in [6, 6.07) is 14.3. The van der Waals surface area contributed by atoms with Gasteiger partial charge in [-0.1, -0.05) is 30.3 Å². The van der Waals surface area contributed by atoms with Crippen molar-refractivity contribution >= 4 is 32.5 Å². The minimum atomic E-state index is -2.08. The number of fused-ring (bicyclic) bond motifs is 1. The second-order valence-electron chi connectivity index (χ2n) is 4.02. The summed E-state index contributed by atoms with van der Waals surface area (Å²) in [5.41, 5.74) is 0.599. The number of hydrogen-bond acceptors (Lipinski definition) is 3. The van der Waals surface area contributed by atoms with Gasteiger partial charge in [-0.3, -0.25) is 0 Å². The Labute approximate surface area is 116 Å². The molecule has 96 valence electrons. The van der Waals surface area contributed by atoms with Gasteiger partial charge in [0.25, 0.3) is 0 Å². The highest BCUT2D eigenvalue weighted by Crippen LogP contribution is 2.44. The van der Waals surface area contributed by atoms with Crippen LogP contribution in [0.4, 0.5) is 0 Å². The predicted molar refractivity (Wildman–Crippen MR) is 78.0 cm³/mol. The lowest BCUT2D eigenvalue weighted by molar-refractivity contribution is 0.485. The average molecular weight is 290 g/mol.